The second-order valence-electron chi connectivity index (χ2n) is 8.45. The largest absolute Gasteiger partial charge is 0.353 e. The van der Waals surface area contributed by atoms with Crippen molar-refractivity contribution in [3.8, 4) is 10.4 Å². The quantitative estimate of drug-likeness (QED) is 0.680. The summed E-state index contributed by atoms with van der Waals surface area (Å²) in [6.45, 7) is 2.92. The van der Waals surface area contributed by atoms with E-state index < -0.39 is 0 Å². The van der Waals surface area contributed by atoms with Gasteiger partial charge in [-0.2, -0.15) is 0 Å². The molecule has 1 aliphatic heterocycles. The lowest BCUT2D eigenvalue weighted by Gasteiger charge is -2.33. The fourth-order valence-corrected chi connectivity index (χ4v) is 5.40. The zero-order valence-electron chi connectivity index (χ0n) is 16.7. The number of likely N-dealkylation sites (tertiary alicyclic amines) is 1. The number of carbonyl (C=O) groups is 1. The number of nitrogens with zero attached hydrogens (tertiary/aromatic N) is 1. The Morgan fingerprint density at radius 2 is 1.89 bits per heavy atom. The first kappa shape index (κ1) is 19.7. The number of hydrogen-bond acceptors (Lipinski definition) is 3. The molecule has 150 valence electrons. The normalized spacial score (nSPS) is 21.9. The van der Waals surface area contributed by atoms with Crippen molar-refractivity contribution in [1.29, 1.82) is 0 Å². The molecule has 1 saturated carbocycles. The monoisotopic (exact) mass is 396 g/mol. The second-order valence-corrected chi connectivity index (χ2v) is 9.40. The number of carbonyl (C=O) groups excluding carboxylic acids is 1. The van der Waals surface area contributed by atoms with Crippen LogP contribution < -0.4 is 5.32 Å². The molecule has 1 aliphatic carbocycles. The maximum Gasteiger partial charge on any atom is 0.224 e. The van der Waals surface area contributed by atoms with Crippen molar-refractivity contribution in [2.75, 3.05) is 13.1 Å². The summed E-state index contributed by atoms with van der Waals surface area (Å²) >= 11 is 1.79. The van der Waals surface area contributed by atoms with Crippen LogP contribution in [-0.4, -0.2) is 29.9 Å². The van der Waals surface area contributed by atoms with Crippen LogP contribution in [-0.2, 0) is 11.3 Å². The Kier molecular flexibility index (Phi) is 6.81. The summed E-state index contributed by atoms with van der Waals surface area (Å²) in [5, 5.41) is 5.51. The van der Waals surface area contributed by atoms with E-state index >= 15 is 0 Å². The van der Waals surface area contributed by atoms with Gasteiger partial charge in [-0.15, -0.1) is 11.3 Å². The van der Waals surface area contributed by atoms with Crippen molar-refractivity contribution in [2.24, 2.45) is 5.92 Å². The predicted molar refractivity (Wildman–Crippen MR) is 117 cm³/mol. The number of rotatable bonds is 5. The lowest BCUT2D eigenvalue weighted by atomic mass is 9.95. The van der Waals surface area contributed by atoms with Gasteiger partial charge in [-0.1, -0.05) is 49.9 Å². The zero-order valence-corrected chi connectivity index (χ0v) is 17.6. The van der Waals surface area contributed by atoms with Crippen molar-refractivity contribution in [1.82, 2.24) is 10.2 Å². The summed E-state index contributed by atoms with van der Waals surface area (Å²) in [6.07, 6.45) is 9.67. The van der Waals surface area contributed by atoms with Crippen LogP contribution in [0, 0.1) is 5.92 Å². The second kappa shape index (κ2) is 9.71. The van der Waals surface area contributed by atoms with Gasteiger partial charge < -0.3 is 5.32 Å². The summed E-state index contributed by atoms with van der Waals surface area (Å²) in [7, 11) is 0. The van der Waals surface area contributed by atoms with E-state index in [1.807, 2.05) is 0 Å². The van der Waals surface area contributed by atoms with Crippen molar-refractivity contribution in [3.05, 3.63) is 47.3 Å². The first-order chi connectivity index (χ1) is 13.8. The van der Waals surface area contributed by atoms with Crippen LogP contribution in [0.25, 0.3) is 10.4 Å². The number of thiophene rings is 1. The summed E-state index contributed by atoms with van der Waals surface area (Å²) in [4.78, 5) is 16.6. The molecule has 28 heavy (non-hydrogen) atoms. The van der Waals surface area contributed by atoms with E-state index in [2.05, 4.69) is 52.0 Å². The van der Waals surface area contributed by atoms with Gasteiger partial charge in [-0.25, -0.2) is 0 Å². The molecule has 4 rings (SSSR count). The standard InChI is InChI=1S/C24H32N2OS/c27-24(25-22-11-3-1-2-4-12-22)21-10-6-14-26(18-21)17-19-8-5-9-20(16-19)23-13-7-15-28-23/h5,7-9,13,15-16,21-22H,1-4,6,10-12,14,17-18H2,(H,25,27). The molecule has 1 unspecified atom stereocenters. The van der Waals surface area contributed by atoms with E-state index in [1.165, 1.54) is 41.7 Å². The molecule has 1 saturated heterocycles. The smallest absolute Gasteiger partial charge is 0.224 e. The summed E-state index contributed by atoms with van der Waals surface area (Å²) in [6, 6.07) is 13.6. The Balaban J connectivity index is 1.33. The fourth-order valence-electron chi connectivity index (χ4n) is 4.68. The third kappa shape index (κ3) is 5.24. The van der Waals surface area contributed by atoms with Crippen LogP contribution in [0.15, 0.2) is 41.8 Å². The number of piperidine rings is 1. The maximum absolute atomic E-state index is 12.8. The molecular weight excluding hydrogens is 364 g/mol. The molecule has 1 aromatic carbocycles. The first-order valence-corrected chi connectivity index (χ1v) is 11.8. The number of nitrogens with one attached hydrogen (secondary N) is 1. The van der Waals surface area contributed by atoms with E-state index in [4.69, 9.17) is 0 Å². The van der Waals surface area contributed by atoms with E-state index in [1.54, 1.807) is 11.3 Å². The maximum atomic E-state index is 12.8. The fraction of sp³-hybridized carbons (Fsp3) is 0.542. The topological polar surface area (TPSA) is 32.3 Å². The first-order valence-electron chi connectivity index (χ1n) is 10.9. The minimum Gasteiger partial charge on any atom is -0.353 e. The Morgan fingerprint density at radius 1 is 1.04 bits per heavy atom. The highest BCUT2D eigenvalue weighted by Gasteiger charge is 2.27. The highest BCUT2D eigenvalue weighted by atomic mass is 32.1. The molecule has 1 aromatic heterocycles. The molecule has 1 N–H and O–H groups in total. The van der Waals surface area contributed by atoms with E-state index in [0.29, 0.717) is 11.9 Å². The SMILES string of the molecule is O=C(NC1CCCCCC1)C1CCCN(Cc2cccc(-c3cccs3)c2)C1. The van der Waals surface area contributed by atoms with Gasteiger partial charge in [-0.3, -0.25) is 9.69 Å². The van der Waals surface area contributed by atoms with Gasteiger partial charge in [0.1, 0.15) is 0 Å². The number of benzene rings is 1. The average Bonchev–Trinajstić information content (AvgIpc) is 3.14. The van der Waals surface area contributed by atoms with Crippen LogP contribution in [0.2, 0.25) is 0 Å². The zero-order chi connectivity index (χ0) is 19.2. The molecule has 1 amide bonds. The van der Waals surface area contributed by atoms with Gasteiger partial charge in [0, 0.05) is 24.0 Å². The van der Waals surface area contributed by atoms with Gasteiger partial charge in [0.2, 0.25) is 5.91 Å². The third-order valence-corrected chi connectivity index (χ3v) is 7.14. The third-order valence-electron chi connectivity index (χ3n) is 6.22. The van der Waals surface area contributed by atoms with E-state index in [-0.39, 0.29) is 5.92 Å². The summed E-state index contributed by atoms with van der Waals surface area (Å²) in [5.41, 5.74) is 2.64. The summed E-state index contributed by atoms with van der Waals surface area (Å²) < 4.78 is 0. The molecular formula is C24H32N2OS. The molecule has 2 heterocycles. The summed E-state index contributed by atoms with van der Waals surface area (Å²) in [5.74, 6) is 0.446. The van der Waals surface area contributed by atoms with E-state index in [0.717, 1.165) is 45.3 Å². The van der Waals surface area contributed by atoms with Crippen molar-refractivity contribution in [2.45, 2.75) is 64.0 Å². The van der Waals surface area contributed by atoms with Gasteiger partial charge in [0.05, 0.1) is 5.92 Å². The van der Waals surface area contributed by atoms with Crippen LogP contribution >= 0.6 is 11.3 Å². The molecule has 2 aliphatic rings. The Morgan fingerprint density at radius 3 is 2.68 bits per heavy atom. The average molecular weight is 397 g/mol. The van der Waals surface area contributed by atoms with Gasteiger partial charge in [-0.05, 0) is 60.9 Å². The van der Waals surface area contributed by atoms with Crippen LogP contribution in [0.4, 0.5) is 0 Å². The Hall–Kier alpha value is -1.65. The minimum atomic E-state index is 0.150. The molecule has 3 nitrogen and oxygen atoms in total. The molecule has 0 bridgehead atoms. The number of amides is 1. The Labute approximate surface area is 173 Å². The highest BCUT2D eigenvalue weighted by molar-refractivity contribution is 7.13. The Bertz CT molecular complexity index is 750. The van der Waals surface area contributed by atoms with Gasteiger partial charge in [0.25, 0.3) is 0 Å². The molecule has 4 heteroatoms. The lowest BCUT2D eigenvalue weighted by molar-refractivity contribution is -0.127. The molecule has 2 fully saturated rings. The van der Waals surface area contributed by atoms with E-state index in [9.17, 15) is 4.79 Å². The molecule has 1 atom stereocenters. The predicted octanol–water partition coefficient (Wildman–Crippen LogP) is 5.47. The van der Waals surface area contributed by atoms with Crippen molar-refractivity contribution in [3.63, 3.8) is 0 Å². The van der Waals surface area contributed by atoms with Crippen molar-refractivity contribution >= 4 is 17.2 Å². The highest BCUT2D eigenvalue weighted by Crippen LogP contribution is 2.27. The number of hydrogen-bond donors (Lipinski definition) is 1. The minimum absolute atomic E-state index is 0.150. The van der Waals surface area contributed by atoms with Crippen molar-refractivity contribution < 1.29 is 4.79 Å². The molecule has 2 aromatic rings. The van der Waals surface area contributed by atoms with Crippen LogP contribution in [0.3, 0.4) is 0 Å². The molecule has 0 spiro atoms. The lowest BCUT2D eigenvalue weighted by Crippen LogP contribution is -2.45. The van der Waals surface area contributed by atoms with Crippen LogP contribution in [0.1, 0.15) is 56.9 Å². The van der Waals surface area contributed by atoms with Gasteiger partial charge in [0.15, 0.2) is 0 Å². The van der Waals surface area contributed by atoms with Crippen LogP contribution in [0.5, 0.6) is 0 Å². The van der Waals surface area contributed by atoms with Gasteiger partial charge >= 0.3 is 0 Å². The molecule has 0 radical (unpaired) electrons.